The minimum atomic E-state index is -0.282. The van der Waals surface area contributed by atoms with E-state index in [0.29, 0.717) is 5.56 Å². The van der Waals surface area contributed by atoms with Crippen molar-refractivity contribution in [3.63, 3.8) is 0 Å². The fraction of sp³-hybridized carbons (Fsp3) is 0.190. The molecular formula is C21H21FN2O2. The number of rotatable bonds is 6. The number of hydrogen-bond acceptors (Lipinski definition) is 3. The average molecular weight is 352 g/mol. The van der Waals surface area contributed by atoms with Crippen LogP contribution in [0.3, 0.4) is 0 Å². The highest BCUT2D eigenvalue weighted by molar-refractivity contribution is 6.00. The van der Waals surface area contributed by atoms with Gasteiger partial charge in [-0.3, -0.25) is 4.79 Å². The summed E-state index contributed by atoms with van der Waals surface area (Å²) in [6, 6.07) is 15.6. The molecule has 3 rings (SSSR count). The highest BCUT2D eigenvalue weighted by Gasteiger charge is 2.16. The molecule has 134 valence electrons. The van der Waals surface area contributed by atoms with Crippen LogP contribution in [0.5, 0.6) is 5.75 Å². The van der Waals surface area contributed by atoms with Crippen molar-refractivity contribution in [2.45, 2.75) is 13.8 Å². The van der Waals surface area contributed by atoms with E-state index in [1.54, 1.807) is 19.2 Å². The summed E-state index contributed by atoms with van der Waals surface area (Å²) in [5, 5.41) is 3.13. The maximum absolute atomic E-state index is 13.2. The van der Waals surface area contributed by atoms with Gasteiger partial charge in [-0.15, -0.1) is 0 Å². The molecule has 0 aliphatic heterocycles. The largest absolute Gasteiger partial charge is 0.497 e. The molecule has 0 spiro atoms. The standard InChI is InChI=1S/C21H21FN2O2/c1-14-11-20(15(2)24(14)18-9-7-16(22)8-10-18)21(25)13-23-17-5-4-6-19(12-17)26-3/h4-12,23H,13H2,1-3H3. The van der Waals surface area contributed by atoms with Crippen LogP contribution in [0.15, 0.2) is 54.6 Å². The van der Waals surface area contributed by atoms with Crippen LogP contribution in [-0.4, -0.2) is 24.0 Å². The van der Waals surface area contributed by atoms with E-state index in [1.165, 1.54) is 12.1 Å². The first-order chi connectivity index (χ1) is 12.5. The molecule has 0 saturated heterocycles. The third-order valence-electron chi connectivity index (χ3n) is 4.34. The summed E-state index contributed by atoms with van der Waals surface area (Å²) in [6.45, 7) is 4.01. The van der Waals surface area contributed by atoms with Crippen LogP contribution in [0.4, 0.5) is 10.1 Å². The number of ketones is 1. The number of carbonyl (C=O) groups is 1. The molecule has 2 aromatic carbocycles. The highest BCUT2D eigenvalue weighted by Crippen LogP contribution is 2.22. The lowest BCUT2D eigenvalue weighted by Crippen LogP contribution is -2.15. The lowest BCUT2D eigenvalue weighted by molar-refractivity contribution is 0.101. The number of Topliss-reactive ketones (excluding diaryl/α,β-unsaturated/α-hetero) is 1. The van der Waals surface area contributed by atoms with Crippen molar-refractivity contribution in [3.8, 4) is 11.4 Å². The van der Waals surface area contributed by atoms with Crippen LogP contribution < -0.4 is 10.1 Å². The van der Waals surface area contributed by atoms with Crippen molar-refractivity contribution < 1.29 is 13.9 Å². The van der Waals surface area contributed by atoms with Gasteiger partial charge in [-0.1, -0.05) is 6.07 Å². The van der Waals surface area contributed by atoms with Gasteiger partial charge in [0.15, 0.2) is 5.78 Å². The normalized spacial score (nSPS) is 10.6. The Morgan fingerprint density at radius 3 is 2.54 bits per heavy atom. The molecule has 1 aromatic heterocycles. The molecule has 0 aliphatic rings. The molecule has 1 N–H and O–H groups in total. The Morgan fingerprint density at radius 1 is 1.12 bits per heavy atom. The van der Waals surface area contributed by atoms with Crippen LogP contribution in [0, 0.1) is 19.7 Å². The number of halogens is 1. The summed E-state index contributed by atoms with van der Waals surface area (Å²) >= 11 is 0. The van der Waals surface area contributed by atoms with Crippen molar-refractivity contribution in [3.05, 3.63) is 77.4 Å². The zero-order chi connectivity index (χ0) is 18.7. The fourth-order valence-electron chi connectivity index (χ4n) is 3.04. The number of nitrogens with one attached hydrogen (secondary N) is 1. The molecule has 0 bridgehead atoms. The molecule has 0 aliphatic carbocycles. The van der Waals surface area contributed by atoms with Crippen molar-refractivity contribution >= 4 is 11.5 Å². The Bertz CT molecular complexity index is 930. The van der Waals surface area contributed by atoms with E-state index in [9.17, 15) is 9.18 Å². The molecule has 0 radical (unpaired) electrons. The summed E-state index contributed by atoms with van der Waals surface area (Å²) < 4.78 is 20.3. The van der Waals surface area contributed by atoms with Gasteiger partial charge in [0.05, 0.1) is 13.7 Å². The monoisotopic (exact) mass is 352 g/mol. The van der Waals surface area contributed by atoms with E-state index in [0.717, 1.165) is 28.5 Å². The van der Waals surface area contributed by atoms with E-state index >= 15 is 0 Å². The molecular weight excluding hydrogens is 331 g/mol. The quantitative estimate of drug-likeness (QED) is 0.663. The van der Waals surface area contributed by atoms with Crippen LogP contribution in [-0.2, 0) is 0 Å². The maximum atomic E-state index is 13.2. The number of aromatic nitrogens is 1. The first-order valence-corrected chi connectivity index (χ1v) is 8.35. The van der Waals surface area contributed by atoms with Gasteiger partial charge >= 0.3 is 0 Å². The molecule has 0 fully saturated rings. The molecule has 0 amide bonds. The Balaban J connectivity index is 1.79. The molecule has 0 unspecified atom stereocenters. The average Bonchev–Trinajstić information content (AvgIpc) is 2.95. The van der Waals surface area contributed by atoms with Gasteiger partial charge < -0.3 is 14.6 Å². The van der Waals surface area contributed by atoms with Gasteiger partial charge in [0.1, 0.15) is 11.6 Å². The summed E-state index contributed by atoms with van der Waals surface area (Å²) in [6.07, 6.45) is 0. The number of benzene rings is 2. The molecule has 0 saturated carbocycles. The van der Waals surface area contributed by atoms with Gasteiger partial charge in [-0.25, -0.2) is 4.39 Å². The number of carbonyl (C=O) groups excluding carboxylic acids is 1. The number of methoxy groups -OCH3 is 1. The molecule has 4 nitrogen and oxygen atoms in total. The summed E-state index contributed by atoms with van der Waals surface area (Å²) in [7, 11) is 1.61. The van der Waals surface area contributed by atoms with E-state index in [1.807, 2.05) is 48.7 Å². The Hall–Kier alpha value is -3.08. The van der Waals surface area contributed by atoms with Crippen LogP contribution in [0.2, 0.25) is 0 Å². The second kappa shape index (κ2) is 7.44. The SMILES string of the molecule is COc1cccc(NCC(=O)c2cc(C)n(-c3ccc(F)cc3)c2C)c1. The maximum Gasteiger partial charge on any atom is 0.183 e. The summed E-state index contributed by atoms with van der Waals surface area (Å²) in [5.41, 5.74) is 4.08. The second-order valence-corrected chi connectivity index (χ2v) is 6.11. The first kappa shape index (κ1) is 17.7. The fourth-order valence-corrected chi connectivity index (χ4v) is 3.04. The van der Waals surface area contributed by atoms with Crippen molar-refractivity contribution in [1.29, 1.82) is 0 Å². The van der Waals surface area contributed by atoms with Gasteiger partial charge in [0.25, 0.3) is 0 Å². The van der Waals surface area contributed by atoms with E-state index in [-0.39, 0.29) is 18.1 Å². The third kappa shape index (κ3) is 3.61. The van der Waals surface area contributed by atoms with Gasteiger partial charge in [-0.2, -0.15) is 0 Å². The smallest absolute Gasteiger partial charge is 0.183 e. The third-order valence-corrected chi connectivity index (χ3v) is 4.34. The second-order valence-electron chi connectivity index (χ2n) is 6.11. The van der Waals surface area contributed by atoms with Gasteiger partial charge in [0, 0.05) is 34.4 Å². The molecule has 3 aromatic rings. The van der Waals surface area contributed by atoms with Crippen LogP contribution in [0.1, 0.15) is 21.7 Å². The highest BCUT2D eigenvalue weighted by atomic mass is 19.1. The van der Waals surface area contributed by atoms with Crippen LogP contribution in [0.25, 0.3) is 5.69 Å². The first-order valence-electron chi connectivity index (χ1n) is 8.35. The van der Waals surface area contributed by atoms with Crippen molar-refractivity contribution in [1.82, 2.24) is 4.57 Å². The number of ether oxygens (including phenoxy) is 1. The van der Waals surface area contributed by atoms with E-state index in [2.05, 4.69) is 5.32 Å². The Labute approximate surface area is 152 Å². The lowest BCUT2D eigenvalue weighted by Gasteiger charge is -2.10. The number of nitrogens with zero attached hydrogens (tertiary/aromatic N) is 1. The van der Waals surface area contributed by atoms with E-state index < -0.39 is 0 Å². The Morgan fingerprint density at radius 2 is 1.85 bits per heavy atom. The Kier molecular flexibility index (Phi) is 5.07. The molecule has 1 heterocycles. The molecule has 26 heavy (non-hydrogen) atoms. The molecule has 0 atom stereocenters. The van der Waals surface area contributed by atoms with Crippen molar-refractivity contribution in [2.75, 3.05) is 19.0 Å². The summed E-state index contributed by atoms with van der Waals surface area (Å²) in [5.74, 6) is 0.446. The predicted molar refractivity (Wildman–Crippen MR) is 101 cm³/mol. The van der Waals surface area contributed by atoms with Crippen LogP contribution >= 0.6 is 0 Å². The topological polar surface area (TPSA) is 43.3 Å². The lowest BCUT2D eigenvalue weighted by atomic mass is 10.1. The van der Waals surface area contributed by atoms with E-state index in [4.69, 9.17) is 4.74 Å². The molecule has 5 heteroatoms. The summed E-state index contributed by atoms with van der Waals surface area (Å²) in [4.78, 5) is 12.7. The number of aryl methyl sites for hydroxylation is 1. The number of hydrogen-bond donors (Lipinski definition) is 1. The zero-order valence-corrected chi connectivity index (χ0v) is 15.0. The minimum absolute atomic E-state index is 0.00529. The zero-order valence-electron chi connectivity index (χ0n) is 15.0. The van der Waals surface area contributed by atoms with Gasteiger partial charge in [-0.05, 0) is 56.3 Å². The minimum Gasteiger partial charge on any atom is -0.497 e. The predicted octanol–water partition coefficient (Wildman–Crippen LogP) is 4.54. The van der Waals surface area contributed by atoms with Gasteiger partial charge in [0.2, 0.25) is 0 Å². The number of anilines is 1. The van der Waals surface area contributed by atoms with Crippen molar-refractivity contribution in [2.24, 2.45) is 0 Å².